The molecule has 84 valence electrons. The highest BCUT2D eigenvalue weighted by Gasteiger charge is 2.39. The third-order valence-corrected chi connectivity index (χ3v) is 3.35. The van der Waals surface area contributed by atoms with Crippen molar-refractivity contribution in [2.24, 2.45) is 11.3 Å². The smallest absolute Gasteiger partial charge is 0.0700 e. The summed E-state index contributed by atoms with van der Waals surface area (Å²) in [6, 6.07) is 0. The molecule has 0 aromatic carbocycles. The van der Waals surface area contributed by atoms with Crippen LogP contribution in [0.1, 0.15) is 20.3 Å². The van der Waals surface area contributed by atoms with Gasteiger partial charge in [-0.2, -0.15) is 0 Å². The van der Waals surface area contributed by atoms with E-state index in [0.717, 1.165) is 32.2 Å². The van der Waals surface area contributed by atoms with Crippen LogP contribution in [-0.4, -0.2) is 40.0 Å². The second-order valence-corrected chi connectivity index (χ2v) is 4.48. The monoisotopic (exact) mass is 201 g/mol. The lowest BCUT2D eigenvalue weighted by atomic mass is 9.70. The standard InChI is InChI=1S/C11H23NO2/c1-10(2)11(8-12-9-11)4-5-14-7-6-13-3/h10,12H,4-9H2,1-3H3. The lowest BCUT2D eigenvalue weighted by Crippen LogP contribution is -2.56. The summed E-state index contributed by atoms with van der Waals surface area (Å²) in [7, 11) is 1.70. The molecule has 0 spiro atoms. The van der Waals surface area contributed by atoms with Crippen LogP contribution in [-0.2, 0) is 9.47 Å². The molecule has 1 fully saturated rings. The molecule has 0 aliphatic carbocycles. The average molecular weight is 201 g/mol. The molecule has 1 rings (SSSR count). The normalized spacial score (nSPS) is 19.7. The Labute approximate surface area is 87.2 Å². The van der Waals surface area contributed by atoms with Crippen molar-refractivity contribution in [3.8, 4) is 0 Å². The van der Waals surface area contributed by atoms with Crippen LogP contribution >= 0.6 is 0 Å². The van der Waals surface area contributed by atoms with Gasteiger partial charge in [0.25, 0.3) is 0 Å². The molecule has 0 aromatic rings. The molecule has 0 atom stereocenters. The highest BCUT2D eigenvalue weighted by atomic mass is 16.5. The highest BCUT2D eigenvalue weighted by molar-refractivity contribution is 4.94. The van der Waals surface area contributed by atoms with Crippen molar-refractivity contribution in [3.05, 3.63) is 0 Å². The number of nitrogens with one attached hydrogen (secondary N) is 1. The van der Waals surface area contributed by atoms with Gasteiger partial charge in [-0.05, 0) is 17.8 Å². The molecule has 1 saturated heterocycles. The summed E-state index contributed by atoms with van der Waals surface area (Å²) >= 11 is 0. The fourth-order valence-electron chi connectivity index (χ4n) is 1.84. The SMILES string of the molecule is COCCOCCC1(C(C)C)CNC1. The van der Waals surface area contributed by atoms with E-state index in [1.165, 1.54) is 6.42 Å². The van der Waals surface area contributed by atoms with Crippen LogP contribution in [0, 0.1) is 11.3 Å². The van der Waals surface area contributed by atoms with Gasteiger partial charge in [0.15, 0.2) is 0 Å². The van der Waals surface area contributed by atoms with Crippen LogP contribution in [0.4, 0.5) is 0 Å². The van der Waals surface area contributed by atoms with E-state index >= 15 is 0 Å². The third-order valence-electron chi connectivity index (χ3n) is 3.35. The Balaban J connectivity index is 2.09. The van der Waals surface area contributed by atoms with Gasteiger partial charge in [0.2, 0.25) is 0 Å². The van der Waals surface area contributed by atoms with Gasteiger partial charge in [0.1, 0.15) is 0 Å². The van der Waals surface area contributed by atoms with E-state index in [4.69, 9.17) is 9.47 Å². The van der Waals surface area contributed by atoms with E-state index in [2.05, 4.69) is 19.2 Å². The molecule has 0 radical (unpaired) electrons. The lowest BCUT2D eigenvalue weighted by Gasteiger charge is -2.46. The van der Waals surface area contributed by atoms with Crippen LogP contribution in [0.3, 0.4) is 0 Å². The molecule has 0 bridgehead atoms. The zero-order valence-corrected chi connectivity index (χ0v) is 9.64. The first-order valence-electron chi connectivity index (χ1n) is 5.49. The summed E-state index contributed by atoms with van der Waals surface area (Å²) in [5, 5.41) is 3.36. The van der Waals surface area contributed by atoms with Crippen molar-refractivity contribution in [1.29, 1.82) is 0 Å². The number of ether oxygens (including phenoxy) is 2. The fraction of sp³-hybridized carbons (Fsp3) is 1.00. The van der Waals surface area contributed by atoms with E-state index in [9.17, 15) is 0 Å². The molecule has 0 amide bonds. The predicted molar refractivity (Wildman–Crippen MR) is 57.5 cm³/mol. The predicted octanol–water partition coefficient (Wildman–Crippen LogP) is 1.29. The summed E-state index contributed by atoms with van der Waals surface area (Å²) in [6.45, 7) is 9.19. The van der Waals surface area contributed by atoms with Crippen molar-refractivity contribution < 1.29 is 9.47 Å². The van der Waals surface area contributed by atoms with E-state index < -0.39 is 0 Å². The second kappa shape index (κ2) is 5.69. The van der Waals surface area contributed by atoms with Crippen LogP contribution in [0.2, 0.25) is 0 Å². The minimum Gasteiger partial charge on any atom is -0.382 e. The molecule has 0 aromatic heterocycles. The molecule has 3 nitrogen and oxygen atoms in total. The summed E-state index contributed by atoms with van der Waals surface area (Å²) in [5.74, 6) is 0.745. The Morgan fingerprint density at radius 2 is 1.93 bits per heavy atom. The van der Waals surface area contributed by atoms with Gasteiger partial charge >= 0.3 is 0 Å². The summed E-state index contributed by atoms with van der Waals surface area (Å²) in [5.41, 5.74) is 0.493. The van der Waals surface area contributed by atoms with Crippen LogP contribution < -0.4 is 5.32 Å². The Kier molecular flexibility index (Phi) is 4.85. The Morgan fingerprint density at radius 3 is 2.36 bits per heavy atom. The maximum Gasteiger partial charge on any atom is 0.0700 e. The number of hydrogen-bond donors (Lipinski definition) is 1. The van der Waals surface area contributed by atoms with Crippen LogP contribution in [0.25, 0.3) is 0 Å². The number of methoxy groups -OCH3 is 1. The molecular weight excluding hydrogens is 178 g/mol. The van der Waals surface area contributed by atoms with Gasteiger partial charge in [0, 0.05) is 26.8 Å². The number of hydrogen-bond acceptors (Lipinski definition) is 3. The third kappa shape index (κ3) is 2.94. The number of rotatable bonds is 7. The van der Waals surface area contributed by atoms with Gasteiger partial charge in [-0.25, -0.2) is 0 Å². The first-order valence-corrected chi connectivity index (χ1v) is 5.49. The highest BCUT2D eigenvalue weighted by Crippen LogP contribution is 2.35. The van der Waals surface area contributed by atoms with Crippen molar-refractivity contribution >= 4 is 0 Å². The van der Waals surface area contributed by atoms with Crippen molar-refractivity contribution in [2.75, 3.05) is 40.0 Å². The fourth-order valence-corrected chi connectivity index (χ4v) is 1.84. The maximum atomic E-state index is 5.50. The molecule has 1 heterocycles. The first kappa shape index (κ1) is 12.0. The van der Waals surface area contributed by atoms with Crippen molar-refractivity contribution in [3.63, 3.8) is 0 Å². The van der Waals surface area contributed by atoms with Gasteiger partial charge in [0.05, 0.1) is 13.2 Å². The minimum absolute atomic E-state index is 0.493. The summed E-state index contributed by atoms with van der Waals surface area (Å²) in [4.78, 5) is 0. The van der Waals surface area contributed by atoms with Crippen LogP contribution in [0.5, 0.6) is 0 Å². The average Bonchev–Trinajstić information content (AvgIpc) is 2.07. The minimum atomic E-state index is 0.493. The lowest BCUT2D eigenvalue weighted by molar-refractivity contribution is 0.0172. The van der Waals surface area contributed by atoms with E-state index in [0.29, 0.717) is 12.0 Å². The van der Waals surface area contributed by atoms with E-state index in [1.807, 2.05) is 0 Å². The maximum absolute atomic E-state index is 5.50. The second-order valence-electron chi connectivity index (χ2n) is 4.48. The molecule has 3 heteroatoms. The topological polar surface area (TPSA) is 30.5 Å². The Bertz CT molecular complexity index is 155. The van der Waals surface area contributed by atoms with Crippen LogP contribution in [0.15, 0.2) is 0 Å². The molecule has 14 heavy (non-hydrogen) atoms. The van der Waals surface area contributed by atoms with E-state index in [1.54, 1.807) is 7.11 Å². The van der Waals surface area contributed by atoms with Gasteiger partial charge < -0.3 is 14.8 Å². The zero-order valence-electron chi connectivity index (χ0n) is 9.64. The molecule has 1 N–H and O–H groups in total. The molecule has 0 unspecified atom stereocenters. The van der Waals surface area contributed by atoms with Gasteiger partial charge in [-0.3, -0.25) is 0 Å². The Morgan fingerprint density at radius 1 is 1.21 bits per heavy atom. The largest absolute Gasteiger partial charge is 0.382 e. The van der Waals surface area contributed by atoms with Crippen molar-refractivity contribution in [1.82, 2.24) is 5.32 Å². The summed E-state index contributed by atoms with van der Waals surface area (Å²) in [6.07, 6.45) is 1.17. The van der Waals surface area contributed by atoms with Gasteiger partial charge in [-0.15, -0.1) is 0 Å². The summed E-state index contributed by atoms with van der Waals surface area (Å²) < 4.78 is 10.4. The van der Waals surface area contributed by atoms with Gasteiger partial charge in [-0.1, -0.05) is 13.8 Å². The molecule has 1 aliphatic rings. The first-order chi connectivity index (χ1) is 6.71. The molecular formula is C11H23NO2. The van der Waals surface area contributed by atoms with E-state index in [-0.39, 0.29) is 0 Å². The molecule has 0 saturated carbocycles. The molecule has 1 aliphatic heterocycles. The van der Waals surface area contributed by atoms with Crippen molar-refractivity contribution in [2.45, 2.75) is 20.3 Å². The zero-order chi connectivity index (χ0) is 10.4. The quantitative estimate of drug-likeness (QED) is 0.630. The Hall–Kier alpha value is -0.120.